The Hall–Kier alpha value is -1.85. The summed E-state index contributed by atoms with van der Waals surface area (Å²) in [5, 5.41) is 3.27. The van der Waals surface area contributed by atoms with Gasteiger partial charge in [-0.3, -0.25) is 4.79 Å². The van der Waals surface area contributed by atoms with Crippen LogP contribution in [0.15, 0.2) is 6.20 Å². The summed E-state index contributed by atoms with van der Waals surface area (Å²) in [4.78, 5) is 24.5. The first-order valence-electron chi connectivity index (χ1n) is 7.06. The first-order valence-corrected chi connectivity index (χ1v) is 7.06. The Morgan fingerprint density at radius 2 is 2.25 bits per heavy atom. The quantitative estimate of drug-likeness (QED) is 0.878. The number of hydrogen-bond donors (Lipinski definition) is 1. The molecule has 2 rings (SSSR count). The monoisotopic (exact) mass is 277 g/mol. The van der Waals surface area contributed by atoms with E-state index in [0.717, 1.165) is 30.9 Å². The number of hydrogen-bond acceptors (Lipinski definition) is 5. The third kappa shape index (κ3) is 3.18. The van der Waals surface area contributed by atoms with Crippen molar-refractivity contribution in [2.24, 2.45) is 0 Å². The summed E-state index contributed by atoms with van der Waals surface area (Å²) < 4.78 is 0. The second kappa shape index (κ2) is 6.07. The molecule has 1 amide bonds. The maximum absolute atomic E-state index is 11.8. The van der Waals surface area contributed by atoms with Gasteiger partial charge in [0.1, 0.15) is 5.82 Å². The second-order valence-electron chi connectivity index (χ2n) is 5.48. The summed E-state index contributed by atoms with van der Waals surface area (Å²) in [5.41, 5.74) is 1.04. The molecule has 0 radical (unpaired) electrons. The number of amides is 1. The van der Waals surface area contributed by atoms with Crippen molar-refractivity contribution < 1.29 is 4.79 Å². The van der Waals surface area contributed by atoms with Gasteiger partial charge in [-0.15, -0.1) is 0 Å². The molecule has 0 aromatic carbocycles. The zero-order valence-corrected chi connectivity index (χ0v) is 12.7. The number of carbonyl (C=O) groups is 1. The third-order valence-electron chi connectivity index (χ3n) is 3.41. The highest BCUT2D eigenvalue weighted by Crippen LogP contribution is 2.18. The highest BCUT2D eigenvalue weighted by molar-refractivity contribution is 5.79. The van der Waals surface area contributed by atoms with Gasteiger partial charge in [-0.25, -0.2) is 4.98 Å². The predicted molar refractivity (Wildman–Crippen MR) is 80.0 cm³/mol. The van der Waals surface area contributed by atoms with Gasteiger partial charge in [-0.2, -0.15) is 4.98 Å². The molecule has 110 valence electrons. The van der Waals surface area contributed by atoms with Crippen LogP contribution in [0.3, 0.4) is 0 Å². The second-order valence-corrected chi connectivity index (χ2v) is 5.48. The number of rotatable bonds is 5. The fraction of sp³-hybridized carbons (Fsp3) is 0.643. The minimum Gasteiger partial charge on any atom is -0.362 e. The Labute approximate surface area is 120 Å². The zero-order chi connectivity index (χ0) is 14.7. The zero-order valence-electron chi connectivity index (χ0n) is 12.7. The van der Waals surface area contributed by atoms with E-state index in [1.165, 1.54) is 0 Å². The number of aromatic nitrogens is 2. The molecule has 6 heteroatoms. The largest absolute Gasteiger partial charge is 0.362 e. The van der Waals surface area contributed by atoms with Crippen LogP contribution in [0.1, 0.15) is 25.3 Å². The van der Waals surface area contributed by atoms with Crippen molar-refractivity contribution in [3.8, 4) is 0 Å². The molecular weight excluding hydrogens is 254 g/mol. The summed E-state index contributed by atoms with van der Waals surface area (Å²) in [6.45, 7) is 5.64. The molecule has 1 unspecified atom stereocenters. The van der Waals surface area contributed by atoms with E-state index < -0.39 is 0 Å². The van der Waals surface area contributed by atoms with Gasteiger partial charge in [0.15, 0.2) is 0 Å². The number of nitrogens with zero attached hydrogens (tertiary/aromatic N) is 4. The third-order valence-corrected chi connectivity index (χ3v) is 3.41. The standard InChI is InChI=1S/C14H23N5O/c1-5-6-19-9-11(7-12(19)20)16-14-15-8-10(2)13(17-14)18(3)4/h8,11H,5-7,9H2,1-4H3,(H,15,16,17). The molecule has 1 aromatic heterocycles. The highest BCUT2D eigenvalue weighted by Gasteiger charge is 2.29. The van der Waals surface area contributed by atoms with Gasteiger partial charge in [0.2, 0.25) is 11.9 Å². The van der Waals surface area contributed by atoms with E-state index in [4.69, 9.17) is 0 Å². The van der Waals surface area contributed by atoms with E-state index in [0.29, 0.717) is 12.4 Å². The predicted octanol–water partition coefficient (Wildman–Crippen LogP) is 1.27. The van der Waals surface area contributed by atoms with Crippen LogP contribution >= 0.6 is 0 Å². The van der Waals surface area contributed by atoms with Crippen molar-refractivity contribution in [1.29, 1.82) is 0 Å². The molecule has 1 saturated heterocycles. The topological polar surface area (TPSA) is 61.4 Å². The molecule has 0 saturated carbocycles. The molecule has 0 bridgehead atoms. The number of likely N-dealkylation sites (tertiary alicyclic amines) is 1. The van der Waals surface area contributed by atoms with Crippen LogP contribution in [0, 0.1) is 6.92 Å². The molecule has 1 aliphatic rings. The van der Waals surface area contributed by atoms with Gasteiger partial charge in [0, 0.05) is 45.4 Å². The van der Waals surface area contributed by atoms with Crippen LogP contribution in [0.25, 0.3) is 0 Å². The molecule has 0 aliphatic carbocycles. The Bertz CT molecular complexity index is 488. The van der Waals surface area contributed by atoms with Crippen molar-refractivity contribution in [3.05, 3.63) is 11.8 Å². The molecule has 1 N–H and O–H groups in total. The maximum Gasteiger partial charge on any atom is 0.224 e. The molecule has 1 atom stereocenters. The van der Waals surface area contributed by atoms with Gasteiger partial charge >= 0.3 is 0 Å². The highest BCUT2D eigenvalue weighted by atomic mass is 16.2. The van der Waals surface area contributed by atoms with Crippen molar-refractivity contribution >= 4 is 17.7 Å². The first kappa shape index (κ1) is 14.6. The van der Waals surface area contributed by atoms with Gasteiger partial charge in [0.05, 0.1) is 6.04 Å². The fourth-order valence-corrected chi connectivity index (χ4v) is 2.49. The van der Waals surface area contributed by atoms with Crippen molar-refractivity contribution in [3.63, 3.8) is 0 Å². The van der Waals surface area contributed by atoms with E-state index in [1.54, 1.807) is 0 Å². The molecule has 6 nitrogen and oxygen atoms in total. The lowest BCUT2D eigenvalue weighted by atomic mass is 10.2. The Morgan fingerprint density at radius 3 is 2.90 bits per heavy atom. The van der Waals surface area contributed by atoms with E-state index in [9.17, 15) is 4.79 Å². The minimum atomic E-state index is 0.103. The SMILES string of the molecule is CCCN1CC(Nc2ncc(C)c(N(C)C)n2)CC1=O. The molecule has 1 fully saturated rings. The Kier molecular flexibility index (Phi) is 4.42. The average molecular weight is 277 g/mol. The summed E-state index contributed by atoms with van der Waals surface area (Å²) in [7, 11) is 3.92. The molecule has 20 heavy (non-hydrogen) atoms. The number of carbonyl (C=O) groups excluding carboxylic acids is 1. The summed E-state index contributed by atoms with van der Waals surface area (Å²) in [6, 6.07) is 0.103. The molecule has 1 aliphatic heterocycles. The number of anilines is 2. The lowest BCUT2D eigenvalue weighted by Gasteiger charge is -2.18. The molecule has 2 heterocycles. The van der Waals surface area contributed by atoms with Crippen LogP contribution in [0.2, 0.25) is 0 Å². The Balaban J connectivity index is 2.04. The lowest BCUT2D eigenvalue weighted by molar-refractivity contribution is -0.127. The van der Waals surface area contributed by atoms with Crippen molar-refractivity contribution in [2.75, 3.05) is 37.4 Å². The van der Waals surface area contributed by atoms with Crippen LogP contribution < -0.4 is 10.2 Å². The van der Waals surface area contributed by atoms with Crippen LogP contribution in [0.4, 0.5) is 11.8 Å². The molecule has 0 spiro atoms. The molecule has 1 aromatic rings. The normalized spacial score (nSPS) is 18.5. The van der Waals surface area contributed by atoms with E-state index in [2.05, 4.69) is 22.2 Å². The van der Waals surface area contributed by atoms with Gasteiger partial charge < -0.3 is 15.1 Å². The fourth-order valence-electron chi connectivity index (χ4n) is 2.49. The number of nitrogens with one attached hydrogen (secondary N) is 1. The van der Waals surface area contributed by atoms with Crippen LogP contribution in [0.5, 0.6) is 0 Å². The maximum atomic E-state index is 11.8. The van der Waals surface area contributed by atoms with Crippen molar-refractivity contribution in [2.45, 2.75) is 32.7 Å². The first-order chi connectivity index (χ1) is 9.51. The van der Waals surface area contributed by atoms with Gasteiger partial charge in [-0.1, -0.05) is 6.92 Å². The summed E-state index contributed by atoms with van der Waals surface area (Å²) >= 11 is 0. The van der Waals surface area contributed by atoms with E-state index in [1.807, 2.05) is 37.0 Å². The lowest BCUT2D eigenvalue weighted by Crippen LogP contribution is -2.29. The number of aryl methyl sites for hydroxylation is 1. The Morgan fingerprint density at radius 1 is 1.50 bits per heavy atom. The van der Waals surface area contributed by atoms with E-state index in [-0.39, 0.29) is 11.9 Å². The van der Waals surface area contributed by atoms with Gasteiger partial charge in [-0.05, 0) is 13.3 Å². The van der Waals surface area contributed by atoms with Crippen molar-refractivity contribution in [1.82, 2.24) is 14.9 Å². The average Bonchev–Trinajstić information content (AvgIpc) is 2.72. The smallest absolute Gasteiger partial charge is 0.224 e. The van der Waals surface area contributed by atoms with Gasteiger partial charge in [0.25, 0.3) is 0 Å². The van der Waals surface area contributed by atoms with Crippen LogP contribution in [-0.4, -0.2) is 54.0 Å². The van der Waals surface area contributed by atoms with Crippen LogP contribution in [-0.2, 0) is 4.79 Å². The van der Waals surface area contributed by atoms with E-state index >= 15 is 0 Å². The summed E-state index contributed by atoms with van der Waals surface area (Å²) in [6.07, 6.45) is 3.32. The minimum absolute atomic E-state index is 0.103. The summed E-state index contributed by atoms with van der Waals surface area (Å²) in [5.74, 6) is 1.71. The molecular formula is C14H23N5O.